The van der Waals surface area contributed by atoms with Crippen molar-refractivity contribution >= 4 is 11.6 Å². The molecular formula is C14H13ClN2O. The van der Waals surface area contributed by atoms with E-state index in [1.165, 1.54) is 11.6 Å². The Bertz CT molecular complexity index is 617. The van der Waals surface area contributed by atoms with Crippen molar-refractivity contribution in [3.8, 4) is 0 Å². The van der Waals surface area contributed by atoms with Crippen LogP contribution >= 0.6 is 11.6 Å². The van der Waals surface area contributed by atoms with Crippen LogP contribution in [0.4, 0.5) is 0 Å². The fourth-order valence-electron chi connectivity index (χ4n) is 2.35. The molecule has 1 saturated carbocycles. The van der Waals surface area contributed by atoms with Gasteiger partial charge >= 0.3 is 0 Å². The standard InChI is InChI=1S/C14H13ClN2O/c15-9-11-8-12(18)17-13(16-11)14(6-7-14)10-4-2-1-3-5-10/h1-5,8H,6-7,9H2,(H,16,17,18). The normalized spacial score (nSPS) is 16.5. The van der Waals surface area contributed by atoms with Crippen molar-refractivity contribution in [1.82, 2.24) is 9.97 Å². The van der Waals surface area contributed by atoms with Crippen molar-refractivity contribution < 1.29 is 0 Å². The van der Waals surface area contributed by atoms with Crippen molar-refractivity contribution in [2.75, 3.05) is 0 Å². The Morgan fingerprint density at radius 3 is 2.61 bits per heavy atom. The molecule has 1 aromatic heterocycles. The van der Waals surface area contributed by atoms with Crippen LogP contribution in [0, 0.1) is 0 Å². The maximum absolute atomic E-state index is 11.6. The smallest absolute Gasteiger partial charge is 0.251 e. The lowest BCUT2D eigenvalue weighted by Gasteiger charge is -2.15. The summed E-state index contributed by atoms with van der Waals surface area (Å²) in [6.45, 7) is 0. The van der Waals surface area contributed by atoms with E-state index in [4.69, 9.17) is 11.6 Å². The summed E-state index contributed by atoms with van der Waals surface area (Å²) in [5.74, 6) is 1.01. The molecule has 1 heterocycles. The van der Waals surface area contributed by atoms with Crippen LogP contribution in [-0.2, 0) is 11.3 Å². The summed E-state index contributed by atoms with van der Waals surface area (Å²) in [7, 11) is 0. The maximum Gasteiger partial charge on any atom is 0.251 e. The fraction of sp³-hybridized carbons (Fsp3) is 0.286. The highest BCUT2D eigenvalue weighted by Crippen LogP contribution is 2.51. The van der Waals surface area contributed by atoms with E-state index in [9.17, 15) is 4.79 Å². The molecule has 0 spiro atoms. The van der Waals surface area contributed by atoms with Crippen molar-refractivity contribution in [2.45, 2.75) is 24.1 Å². The summed E-state index contributed by atoms with van der Waals surface area (Å²) in [4.78, 5) is 19.0. The first-order valence-electron chi connectivity index (χ1n) is 5.97. The number of nitrogens with zero attached hydrogens (tertiary/aromatic N) is 1. The molecule has 0 radical (unpaired) electrons. The first-order chi connectivity index (χ1) is 8.74. The summed E-state index contributed by atoms with van der Waals surface area (Å²) in [6.07, 6.45) is 2.04. The van der Waals surface area contributed by atoms with Crippen LogP contribution in [0.5, 0.6) is 0 Å². The lowest BCUT2D eigenvalue weighted by atomic mass is 9.95. The minimum absolute atomic E-state index is 0.109. The van der Waals surface area contributed by atoms with E-state index in [2.05, 4.69) is 22.1 Å². The molecule has 18 heavy (non-hydrogen) atoms. The first kappa shape index (κ1) is 11.5. The summed E-state index contributed by atoms with van der Waals surface area (Å²) in [6, 6.07) is 11.6. The van der Waals surface area contributed by atoms with Crippen LogP contribution in [0.25, 0.3) is 0 Å². The third kappa shape index (κ3) is 1.85. The summed E-state index contributed by atoms with van der Waals surface area (Å²) < 4.78 is 0. The SMILES string of the molecule is O=c1cc(CCl)nc(C2(c3ccccc3)CC2)[nH]1. The largest absolute Gasteiger partial charge is 0.310 e. The molecule has 0 aliphatic heterocycles. The molecule has 1 fully saturated rings. The zero-order valence-corrected chi connectivity index (χ0v) is 10.6. The molecular weight excluding hydrogens is 248 g/mol. The van der Waals surface area contributed by atoms with Gasteiger partial charge in [-0.25, -0.2) is 4.98 Å². The van der Waals surface area contributed by atoms with Crippen LogP contribution in [0.2, 0.25) is 0 Å². The highest BCUT2D eigenvalue weighted by molar-refractivity contribution is 6.16. The highest BCUT2D eigenvalue weighted by atomic mass is 35.5. The number of hydrogen-bond donors (Lipinski definition) is 1. The van der Waals surface area contributed by atoms with Gasteiger partial charge in [-0.05, 0) is 18.4 Å². The molecule has 3 rings (SSSR count). The van der Waals surface area contributed by atoms with Gasteiger partial charge in [0.1, 0.15) is 5.82 Å². The number of rotatable bonds is 3. The topological polar surface area (TPSA) is 45.8 Å². The van der Waals surface area contributed by atoms with Crippen molar-refractivity contribution in [3.63, 3.8) is 0 Å². The van der Waals surface area contributed by atoms with Gasteiger partial charge in [0.15, 0.2) is 0 Å². The van der Waals surface area contributed by atoms with Crippen LogP contribution in [0.3, 0.4) is 0 Å². The van der Waals surface area contributed by atoms with E-state index in [1.54, 1.807) is 0 Å². The van der Waals surface area contributed by atoms with Gasteiger partial charge in [-0.2, -0.15) is 0 Å². The van der Waals surface area contributed by atoms with Gasteiger partial charge < -0.3 is 4.98 Å². The molecule has 0 saturated heterocycles. The second kappa shape index (κ2) is 4.25. The molecule has 0 unspecified atom stereocenters. The number of aromatic nitrogens is 2. The molecule has 0 atom stereocenters. The van der Waals surface area contributed by atoms with Gasteiger partial charge in [0.2, 0.25) is 0 Å². The number of H-pyrrole nitrogens is 1. The maximum atomic E-state index is 11.6. The van der Waals surface area contributed by atoms with Gasteiger partial charge in [-0.3, -0.25) is 4.79 Å². The van der Waals surface area contributed by atoms with Crippen molar-refractivity contribution in [1.29, 1.82) is 0 Å². The zero-order valence-electron chi connectivity index (χ0n) is 9.82. The number of hydrogen-bond acceptors (Lipinski definition) is 2. The Labute approximate surface area is 110 Å². The molecule has 1 aliphatic carbocycles. The van der Waals surface area contributed by atoms with Crippen molar-refractivity contribution in [3.05, 3.63) is 63.8 Å². The quantitative estimate of drug-likeness (QED) is 0.863. The Morgan fingerprint density at radius 2 is 2.00 bits per heavy atom. The Kier molecular flexibility index (Phi) is 2.71. The number of benzene rings is 1. The molecule has 0 amide bonds. The Morgan fingerprint density at radius 1 is 1.28 bits per heavy atom. The average Bonchev–Trinajstić information content (AvgIpc) is 3.20. The van der Waals surface area contributed by atoms with Gasteiger partial charge in [0, 0.05) is 6.07 Å². The Balaban J connectivity index is 2.10. The number of halogens is 1. The second-order valence-electron chi connectivity index (χ2n) is 4.67. The van der Waals surface area contributed by atoms with E-state index >= 15 is 0 Å². The molecule has 92 valence electrons. The lowest BCUT2D eigenvalue weighted by molar-refractivity contribution is 0.738. The molecule has 2 aromatic rings. The number of alkyl halides is 1. The van der Waals surface area contributed by atoms with E-state index in [0.717, 1.165) is 18.7 Å². The highest BCUT2D eigenvalue weighted by Gasteiger charge is 2.48. The van der Waals surface area contributed by atoms with Crippen LogP contribution in [0.1, 0.15) is 29.9 Å². The summed E-state index contributed by atoms with van der Waals surface area (Å²) in [5.41, 5.74) is 1.61. The fourth-order valence-corrected chi connectivity index (χ4v) is 2.48. The zero-order chi connectivity index (χ0) is 12.6. The van der Waals surface area contributed by atoms with Gasteiger partial charge in [-0.1, -0.05) is 30.3 Å². The van der Waals surface area contributed by atoms with Crippen LogP contribution in [-0.4, -0.2) is 9.97 Å². The molecule has 1 aromatic carbocycles. The van der Waals surface area contributed by atoms with Crippen molar-refractivity contribution in [2.24, 2.45) is 0 Å². The number of aromatic amines is 1. The van der Waals surface area contributed by atoms with Gasteiger partial charge in [0.25, 0.3) is 5.56 Å². The summed E-state index contributed by atoms with van der Waals surface area (Å²) in [5, 5.41) is 0. The molecule has 0 bridgehead atoms. The third-order valence-corrected chi connectivity index (χ3v) is 3.74. The number of nitrogens with one attached hydrogen (secondary N) is 1. The minimum Gasteiger partial charge on any atom is -0.310 e. The monoisotopic (exact) mass is 260 g/mol. The molecule has 1 aliphatic rings. The average molecular weight is 261 g/mol. The van der Waals surface area contributed by atoms with Crippen LogP contribution in [0.15, 0.2) is 41.2 Å². The predicted molar refractivity (Wildman–Crippen MR) is 70.9 cm³/mol. The summed E-state index contributed by atoms with van der Waals surface area (Å²) >= 11 is 5.77. The predicted octanol–water partition coefficient (Wildman–Crippen LogP) is 2.59. The molecule has 3 nitrogen and oxygen atoms in total. The first-order valence-corrected chi connectivity index (χ1v) is 6.50. The second-order valence-corrected chi connectivity index (χ2v) is 4.93. The third-order valence-electron chi connectivity index (χ3n) is 3.46. The molecule has 1 N–H and O–H groups in total. The van der Waals surface area contributed by atoms with E-state index in [0.29, 0.717) is 5.69 Å². The van der Waals surface area contributed by atoms with E-state index in [1.807, 2.05) is 18.2 Å². The molecule has 4 heteroatoms. The van der Waals surface area contributed by atoms with Gasteiger partial charge in [0.05, 0.1) is 17.0 Å². The van der Waals surface area contributed by atoms with E-state index in [-0.39, 0.29) is 16.9 Å². The van der Waals surface area contributed by atoms with Gasteiger partial charge in [-0.15, -0.1) is 11.6 Å². The van der Waals surface area contributed by atoms with Crippen LogP contribution < -0.4 is 5.56 Å². The Hall–Kier alpha value is -1.61. The van der Waals surface area contributed by atoms with E-state index < -0.39 is 0 Å². The lowest BCUT2D eigenvalue weighted by Crippen LogP contribution is -2.20. The minimum atomic E-state index is -0.127.